The number of thioether (sulfide) groups is 1. The molecule has 1 aliphatic heterocycles. The van der Waals surface area contributed by atoms with Crippen LogP contribution in [0.15, 0.2) is 17.2 Å². The van der Waals surface area contributed by atoms with Gasteiger partial charge in [0.05, 0.1) is 12.0 Å². The van der Waals surface area contributed by atoms with Gasteiger partial charge in [-0.15, -0.1) is 0 Å². The molecule has 0 saturated carbocycles. The van der Waals surface area contributed by atoms with E-state index in [1.807, 2.05) is 0 Å². The third-order valence-corrected chi connectivity index (χ3v) is 6.43. The summed E-state index contributed by atoms with van der Waals surface area (Å²) < 4.78 is 26.5. The predicted octanol–water partition coefficient (Wildman–Crippen LogP) is 0.984. The Bertz CT molecular complexity index is 702. The second-order valence-electron chi connectivity index (χ2n) is 5.48. The Kier molecular flexibility index (Phi) is 5.73. The molecule has 1 saturated heterocycles. The molecule has 1 N–H and O–H groups in total. The van der Waals surface area contributed by atoms with Gasteiger partial charge in [0.15, 0.2) is 0 Å². The number of carbonyl (C=O) groups excluding carboxylic acids is 1. The average molecular weight is 356 g/mol. The van der Waals surface area contributed by atoms with Gasteiger partial charge in [0.1, 0.15) is 10.6 Å². The first-order valence-corrected chi connectivity index (χ1v) is 9.87. The highest BCUT2D eigenvalue weighted by molar-refractivity contribution is 7.99. The van der Waals surface area contributed by atoms with Crippen LogP contribution in [0.2, 0.25) is 0 Å². The average Bonchev–Trinajstić information content (AvgIpc) is 3.05. The molecule has 1 aromatic rings. The molecule has 23 heavy (non-hydrogen) atoms. The number of nitrogens with zero attached hydrogens (tertiary/aromatic N) is 3. The van der Waals surface area contributed by atoms with Gasteiger partial charge >= 0.3 is 0 Å². The van der Waals surface area contributed by atoms with E-state index < -0.39 is 10.0 Å². The highest BCUT2D eigenvalue weighted by Crippen LogP contribution is 2.21. The zero-order chi connectivity index (χ0) is 17.0. The normalized spacial score (nSPS) is 17.4. The molecule has 1 amide bonds. The second kappa shape index (κ2) is 7.38. The van der Waals surface area contributed by atoms with Crippen molar-refractivity contribution >= 4 is 27.7 Å². The van der Waals surface area contributed by atoms with Crippen LogP contribution in [0.25, 0.3) is 0 Å². The van der Waals surface area contributed by atoms with Crippen molar-refractivity contribution in [1.82, 2.24) is 14.2 Å². The fraction of sp³-hybridized carbons (Fsp3) is 0.571. The number of aromatic nitrogens is 1. The van der Waals surface area contributed by atoms with Crippen molar-refractivity contribution in [3.05, 3.63) is 18.0 Å². The summed E-state index contributed by atoms with van der Waals surface area (Å²) in [5, 5.41) is 8.81. The van der Waals surface area contributed by atoms with E-state index in [1.54, 1.807) is 25.7 Å². The third-order valence-electron chi connectivity index (χ3n) is 3.61. The number of H-pyrrole nitrogens is 1. The van der Waals surface area contributed by atoms with Crippen molar-refractivity contribution in [2.45, 2.75) is 11.8 Å². The van der Waals surface area contributed by atoms with Gasteiger partial charge in [0.25, 0.3) is 5.91 Å². The van der Waals surface area contributed by atoms with Crippen LogP contribution in [-0.4, -0.2) is 66.7 Å². The summed E-state index contributed by atoms with van der Waals surface area (Å²) in [4.78, 5) is 16.5. The van der Waals surface area contributed by atoms with E-state index in [0.29, 0.717) is 19.6 Å². The van der Waals surface area contributed by atoms with E-state index in [0.717, 1.165) is 11.5 Å². The third kappa shape index (κ3) is 4.07. The number of nitriles is 1. The van der Waals surface area contributed by atoms with Gasteiger partial charge in [0, 0.05) is 44.4 Å². The first-order chi connectivity index (χ1) is 10.9. The minimum atomic E-state index is -3.56. The van der Waals surface area contributed by atoms with Crippen LogP contribution in [0.3, 0.4) is 0 Å². The molecule has 1 fully saturated rings. The van der Waals surface area contributed by atoms with Crippen molar-refractivity contribution in [2.24, 2.45) is 5.92 Å². The monoisotopic (exact) mass is 356 g/mol. The van der Waals surface area contributed by atoms with Crippen molar-refractivity contribution in [3.8, 4) is 6.07 Å². The van der Waals surface area contributed by atoms with Crippen LogP contribution >= 0.6 is 11.8 Å². The van der Waals surface area contributed by atoms with Gasteiger partial charge in [-0.3, -0.25) is 4.79 Å². The molecule has 0 spiro atoms. The molecular formula is C14H20N4O3S2. The molecule has 0 aliphatic carbocycles. The Balaban J connectivity index is 2.13. The molecule has 9 heteroatoms. The number of hydrogen-bond acceptors (Lipinski definition) is 5. The fourth-order valence-corrected chi connectivity index (χ4v) is 4.89. The number of carbonyl (C=O) groups is 1. The predicted molar refractivity (Wildman–Crippen MR) is 88.6 cm³/mol. The maximum Gasteiger partial charge on any atom is 0.270 e. The van der Waals surface area contributed by atoms with Crippen molar-refractivity contribution in [2.75, 3.05) is 38.2 Å². The summed E-state index contributed by atoms with van der Waals surface area (Å²) in [5.74, 6) is 0.949. The minimum Gasteiger partial charge on any atom is -0.356 e. The van der Waals surface area contributed by atoms with E-state index in [9.17, 15) is 13.2 Å². The Morgan fingerprint density at radius 3 is 2.78 bits per heavy atom. The molecule has 1 aliphatic rings. The summed E-state index contributed by atoms with van der Waals surface area (Å²) in [6, 6.07) is 3.43. The van der Waals surface area contributed by atoms with Gasteiger partial charge < -0.3 is 9.88 Å². The molecule has 0 unspecified atom stereocenters. The standard InChI is InChI=1S/C14H20N4O3S2/c1-11(8-15)10-17(2)14(19)13-7-12(9-16-13)23(20,21)18-3-5-22-6-4-18/h7,9,11,16H,3-6,10H2,1-2H3/t11-/m0/s1. The molecular weight excluding hydrogens is 336 g/mol. The fourth-order valence-electron chi connectivity index (χ4n) is 2.32. The minimum absolute atomic E-state index is 0.106. The van der Waals surface area contributed by atoms with Crippen molar-refractivity contribution < 1.29 is 13.2 Å². The molecule has 0 aromatic carbocycles. The number of sulfonamides is 1. The molecule has 2 rings (SSSR count). The largest absolute Gasteiger partial charge is 0.356 e. The van der Waals surface area contributed by atoms with Crippen molar-refractivity contribution in [1.29, 1.82) is 5.26 Å². The molecule has 2 heterocycles. The number of amides is 1. The zero-order valence-corrected chi connectivity index (χ0v) is 14.8. The van der Waals surface area contributed by atoms with E-state index >= 15 is 0 Å². The van der Waals surface area contributed by atoms with Gasteiger partial charge in [-0.1, -0.05) is 0 Å². The molecule has 7 nitrogen and oxygen atoms in total. The first-order valence-electron chi connectivity index (χ1n) is 7.27. The van der Waals surface area contributed by atoms with E-state index in [2.05, 4.69) is 11.1 Å². The smallest absolute Gasteiger partial charge is 0.270 e. The Morgan fingerprint density at radius 1 is 1.52 bits per heavy atom. The lowest BCUT2D eigenvalue weighted by molar-refractivity contribution is 0.0780. The van der Waals surface area contributed by atoms with Gasteiger partial charge in [0.2, 0.25) is 10.0 Å². The molecule has 1 atom stereocenters. The SMILES string of the molecule is C[C@@H](C#N)CN(C)C(=O)c1cc(S(=O)(=O)N2CCSCC2)c[nH]1. The maximum absolute atomic E-state index is 12.5. The number of aromatic amines is 1. The topological polar surface area (TPSA) is 97.3 Å². The van der Waals surface area contributed by atoms with E-state index in [-0.39, 0.29) is 22.4 Å². The van der Waals surface area contributed by atoms with Crippen molar-refractivity contribution in [3.63, 3.8) is 0 Å². The summed E-state index contributed by atoms with van der Waals surface area (Å²) >= 11 is 1.73. The molecule has 0 radical (unpaired) electrons. The maximum atomic E-state index is 12.5. The summed E-state index contributed by atoms with van der Waals surface area (Å²) in [7, 11) is -1.97. The molecule has 126 valence electrons. The van der Waals surface area contributed by atoms with Crippen LogP contribution in [0.4, 0.5) is 0 Å². The van der Waals surface area contributed by atoms with Crippen LogP contribution in [0.1, 0.15) is 17.4 Å². The number of nitrogens with one attached hydrogen (secondary N) is 1. The quantitative estimate of drug-likeness (QED) is 0.848. The van der Waals surface area contributed by atoms with Gasteiger partial charge in [-0.25, -0.2) is 8.42 Å². The van der Waals surface area contributed by atoms with E-state index in [1.165, 1.54) is 21.5 Å². The highest BCUT2D eigenvalue weighted by atomic mass is 32.2. The first kappa shape index (κ1) is 17.8. The molecule has 1 aromatic heterocycles. The number of hydrogen-bond donors (Lipinski definition) is 1. The summed E-state index contributed by atoms with van der Waals surface area (Å²) in [6.45, 7) is 2.99. The zero-order valence-electron chi connectivity index (χ0n) is 13.2. The Labute approximate surface area is 140 Å². The van der Waals surface area contributed by atoms with E-state index in [4.69, 9.17) is 5.26 Å². The van der Waals surface area contributed by atoms with Gasteiger partial charge in [-0.05, 0) is 13.0 Å². The molecule has 0 bridgehead atoms. The van der Waals surface area contributed by atoms with Crippen LogP contribution in [0.5, 0.6) is 0 Å². The Hall–Kier alpha value is -1.50. The lowest BCUT2D eigenvalue weighted by Crippen LogP contribution is -2.37. The Morgan fingerprint density at radius 2 is 2.17 bits per heavy atom. The van der Waals surface area contributed by atoms with Gasteiger partial charge in [-0.2, -0.15) is 21.3 Å². The van der Waals surface area contributed by atoms with Crippen LogP contribution in [0, 0.1) is 17.2 Å². The number of rotatable bonds is 5. The summed E-state index contributed by atoms with van der Waals surface area (Å²) in [6.07, 6.45) is 1.35. The summed E-state index contributed by atoms with van der Waals surface area (Å²) in [5.41, 5.74) is 0.211. The lowest BCUT2D eigenvalue weighted by Gasteiger charge is -2.24. The highest BCUT2D eigenvalue weighted by Gasteiger charge is 2.28. The van der Waals surface area contributed by atoms with Crippen LogP contribution in [-0.2, 0) is 10.0 Å². The van der Waals surface area contributed by atoms with Crippen LogP contribution < -0.4 is 0 Å². The second-order valence-corrected chi connectivity index (χ2v) is 8.64. The lowest BCUT2D eigenvalue weighted by atomic mass is 10.2.